The van der Waals surface area contributed by atoms with Crippen molar-refractivity contribution in [2.24, 2.45) is 0 Å². The molecule has 13 heavy (non-hydrogen) atoms. The molecule has 0 amide bonds. The normalized spacial score (nSPS) is 17.2. The van der Waals surface area contributed by atoms with Crippen LogP contribution in [0.2, 0.25) is 0 Å². The number of aryl methyl sites for hydroxylation is 1. The Bertz CT molecular complexity index is 306. The molecule has 1 aromatic heterocycles. The van der Waals surface area contributed by atoms with Gasteiger partial charge in [0, 0.05) is 18.4 Å². The van der Waals surface area contributed by atoms with Crippen LogP contribution in [0.25, 0.3) is 0 Å². The average Bonchev–Trinajstić information content (AvgIpc) is 2.45. The van der Waals surface area contributed by atoms with E-state index < -0.39 is 0 Å². The Morgan fingerprint density at radius 2 is 1.92 bits per heavy atom. The summed E-state index contributed by atoms with van der Waals surface area (Å²) in [6, 6.07) is 0. The van der Waals surface area contributed by atoms with Crippen molar-refractivity contribution >= 4 is 0 Å². The Kier molecular flexibility index (Phi) is 1.90. The van der Waals surface area contributed by atoms with E-state index in [1.165, 1.54) is 18.7 Å². The molecule has 0 bridgehead atoms. The molecule has 0 aliphatic carbocycles. The highest BCUT2D eigenvalue weighted by molar-refractivity contribution is 5.07. The zero-order valence-electron chi connectivity index (χ0n) is 8.67. The molecule has 1 aliphatic rings. The lowest BCUT2D eigenvalue weighted by Gasteiger charge is -2.21. The lowest BCUT2D eigenvalue weighted by atomic mass is 9.95. The number of rotatable bonds is 0. The summed E-state index contributed by atoms with van der Waals surface area (Å²) in [7, 11) is 0. The standard InChI is InChI=1S/C10H17N3/c1-10(2,3)9-12-11-8-6-4-5-7-13(8)9/h4-7H2,1-3H3. The molecule has 0 unspecified atom stereocenters. The van der Waals surface area contributed by atoms with Crippen LogP contribution in [0, 0.1) is 0 Å². The fourth-order valence-corrected chi connectivity index (χ4v) is 1.86. The molecule has 0 aromatic carbocycles. The van der Waals surface area contributed by atoms with Gasteiger partial charge in [-0.3, -0.25) is 0 Å². The predicted molar refractivity (Wildman–Crippen MR) is 51.7 cm³/mol. The van der Waals surface area contributed by atoms with Gasteiger partial charge in [0.05, 0.1) is 0 Å². The van der Waals surface area contributed by atoms with Gasteiger partial charge in [0.2, 0.25) is 0 Å². The van der Waals surface area contributed by atoms with Crippen molar-refractivity contribution in [1.82, 2.24) is 14.8 Å². The zero-order chi connectivity index (χ0) is 9.47. The van der Waals surface area contributed by atoms with Crippen LogP contribution < -0.4 is 0 Å². The molecule has 2 heterocycles. The summed E-state index contributed by atoms with van der Waals surface area (Å²) in [5.41, 5.74) is 0.128. The summed E-state index contributed by atoms with van der Waals surface area (Å²) in [5.74, 6) is 2.32. The third-order valence-electron chi connectivity index (χ3n) is 2.53. The Labute approximate surface area is 79.2 Å². The number of hydrogen-bond donors (Lipinski definition) is 0. The topological polar surface area (TPSA) is 30.7 Å². The van der Waals surface area contributed by atoms with E-state index in [0.717, 1.165) is 18.8 Å². The van der Waals surface area contributed by atoms with E-state index in [0.29, 0.717) is 0 Å². The molecule has 0 fully saturated rings. The monoisotopic (exact) mass is 179 g/mol. The van der Waals surface area contributed by atoms with Crippen LogP contribution in [-0.4, -0.2) is 14.8 Å². The highest BCUT2D eigenvalue weighted by Crippen LogP contribution is 2.24. The van der Waals surface area contributed by atoms with Crippen LogP contribution in [0.5, 0.6) is 0 Å². The summed E-state index contributed by atoms with van der Waals surface area (Å²) < 4.78 is 2.30. The minimum absolute atomic E-state index is 0.128. The SMILES string of the molecule is CC(C)(C)c1nnc2n1CCCC2. The number of nitrogens with zero attached hydrogens (tertiary/aromatic N) is 3. The molecule has 0 saturated heterocycles. The van der Waals surface area contributed by atoms with Gasteiger partial charge in [-0.1, -0.05) is 20.8 Å². The van der Waals surface area contributed by atoms with E-state index in [1.54, 1.807) is 0 Å². The van der Waals surface area contributed by atoms with E-state index in [4.69, 9.17) is 0 Å². The first-order valence-corrected chi connectivity index (χ1v) is 5.01. The number of hydrogen-bond acceptors (Lipinski definition) is 2. The third-order valence-corrected chi connectivity index (χ3v) is 2.53. The Balaban J connectivity index is 2.43. The maximum absolute atomic E-state index is 4.28. The molecule has 3 heteroatoms. The molecule has 0 atom stereocenters. The van der Waals surface area contributed by atoms with Gasteiger partial charge in [0.1, 0.15) is 11.6 Å². The van der Waals surface area contributed by atoms with Crippen molar-refractivity contribution in [2.45, 2.75) is 52.0 Å². The largest absolute Gasteiger partial charge is 0.315 e. The fraction of sp³-hybridized carbons (Fsp3) is 0.800. The van der Waals surface area contributed by atoms with Crippen molar-refractivity contribution in [2.75, 3.05) is 0 Å². The number of aromatic nitrogens is 3. The first kappa shape index (κ1) is 8.73. The van der Waals surface area contributed by atoms with Crippen LogP contribution in [0.15, 0.2) is 0 Å². The third kappa shape index (κ3) is 1.47. The second kappa shape index (κ2) is 2.82. The molecule has 1 aliphatic heterocycles. The van der Waals surface area contributed by atoms with Crippen LogP contribution in [0.3, 0.4) is 0 Å². The van der Waals surface area contributed by atoms with E-state index in [9.17, 15) is 0 Å². The summed E-state index contributed by atoms with van der Waals surface area (Å²) >= 11 is 0. The molecule has 0 radical (unpaired) electrons. The highest BCUT2D eigenvalue weighted by atomic mass is 15.3. The molecule has 72 valence electrons. The van der Waals surface area contributed by atoms with Gasteiger partial charge in [-0.2, -0.15) is 0 Å². The van der Waals surface area contributed by atoms with E-state index in [1.807, 2.05) is 0 Å². The van der Waals surface area contributed by atoms with Gasteiger partial charge in [-0.05, 0) is 12.8 Å². The van der Waals surface area contributed by atoms with E-state index in [2.05, 4.69) is 35.5 Å². The Hall–Kier alpha value is -0.860. The van der Waals surface area contributed by atoms with E-state index >= 15 is 0 Å². The van der Waals surface area contributed by atoms with Crippen molar-refractivity contribution < 1.29 is 0 Å². The van der Waals surface area contributed by atoms with Gasteiger partial charge in [0.25, 0.3) is 0 Å². The van der Waals surface area contributed by atoms with Crippen molar-refractivity contribution in [1.29, 1.82) is 0 Å². The first-order valence-electron chi connectivity index (χ1n) is 5.01. The van der Waals surface area contributed by atoms with Gasteiger partial charge < -0.3 is 4.57 Å². The van der Waals surface area contributed by atoms with Crippen LogP contribution in [0.4, 0.5) is 0 Å². The van der Waals surface area contributed by atoms with Gasteiger partial charge in [-0.25, -0.2) is 0 Å². The van der Waals surface area contributed by atoms with Crippen molar-refractivity contribution in [3.8, 4) is 0 Å². The van der Waals surface area contributed by atoms with Crippen molar-refractivity contribution in [3.05, 3.63) is 11.6 Å². The zero-order valence-corrected chi connectivity index (χ0v) is 8.67. The highest BCUT2D eigenvalue weighted by Gasteiger charge is 2.24. The number of fused-ring (bicyclic) bond motifs is 1. The predicted octanol–water partition coefficient (Wildman–Crippen LogP) is 1.91. The first-order chi connectivity index (χ1) is 6.09. The quantitative estimate of drug-likeness (QED) is 0.609. The smallest absolute Gasteiger partial charge is 0.138 e. The maximum Gasteiger partial charge on any atom is 0.138 e. The summed E-state index contributed by atoms with van der Waals surface area (Å²) in [6.07, 6.45) is 3.64. The van der Waals surface area contributed by atoms with Crippen molar-refractivity contribution in [3.63, 3.8) is 0 Å². The summed E-state index contributed by atoms with van der Waals surface area (Å²) in [6.45, 7) is 7.69. The lowest BCUT2D eigenvalue weighted by Crippen LogP contribution is -2.22. The Morgan fingerprint density at radius 3 is 2.62 bits per heavy atom. The minimum atomic E-state index is 0.128. The minimum Gasteiger partial charge on any atom is -0.315 e. The molecule has 3 nitrogen and oxygen atoms in total. The summed E-state index contributed by atoms with van der Waals surface area (Å²) in [5, 5.41) is 8.52. The van der Waals surface area contributed by atoms with Gasteiger partial charge in [0.15, 0.2) is 0 Å². The average molecular weight is 179 g/mol. The molecule has 0 spiro atoms. The second-order valence-electron chi connectivity index (χ2n) is 4.80. The molecule has 2 rings (SSSR count). The van der Waals surface area contributed by atoms with Gasteiger partial charge >= 0.3 is 0 Å². The lowest BCUT2D eigenvalue weighted by molar-refractivity contribution is 0.452. The Morgan fingerprint density at radius 1 is 1.15 bits per heavy atom. The molecule has 0 N–H and O–H groups in total. The molecular weight excluding hydrogens is 162 g/mol. The van der Waals surface area contributed by atoms with Gasteiger partial charge in [-0.15, -0.1) is 10.2 Å². The molecule has 1 aromatic rings. The molecule has 0 saturated carbocycles. The maximum atomic E-state index is 4.28. The van der Waals surface area contributed by atoms with Crippen LogP contribution in [-0.2, 0) is 18.4 Å². The van der Waals surface area contributed by atoms with E-state index in [-0.39, 0.29) is 5.41 Å². The molecular formula is C10H17N3. The van der Waals surface area contributed by atoms with Crippen LogP contribution in [0.1, 0.15) is 45.3 Å². The van der Waals surface area contributed by atoms with Crippen LogP contribution >= 0.6 is 0 Å². The fourth-order valence-electron chi connectivity index (χ4n) is 1.86. The summed E-state index contributed by atoms with van der Waals surface area (Å²) in [4.78, 5) is 0. The second-order valence-corrected chi connectivity index (χ2v) is 4.80.